The van der Waals surface area contributed by atoms with Crippen molar-refractivity contribution in [1.82, 2.24) is 10.2 Å². The molecule has 16 heavy (non-hydrogen) atoms. The van der Waals surface area contributed by atoms with Crippen molar-refractivity contribution in [3.8, 4) is 0 Å². The average Bonchev–Trinajstić information content (AvgIpc) is 2.76. The third kappa shape index (κ3) is 2.92. The first kappa shape index (κ1) is 11.3. The summed E-state index contributed by atoms with van der Waals surface area (Å²) in [5.41, 5.74) is 1.41. The Bertz CT molecular complexity index is 322. The molecule has 2 heterocycles. The number of carbonyl (C=O) groups is 1. The minimum Gasteiger partial charge on any atom is -0.341 e. The number of likely N-dealkylation sites (tertiary alicyclic amines) is 1. The van der Waals surface area contributed by atoms with Gasteiger partial charge in [0.25, 0.3) is 0 Å². The summed E-state index contributed by atoms with van der Waals surface area (Å²) in [6, 6.07) is 0.462. The van der Waals surface area contributed by atoms with Gasteiger partial charge in [0.2, 0.25) is 5.91 Å². The molecule has 0 aromatic heterocycles. The quantitative estimate of drug-likeness (QED) is 0.758. The normalized spacial score (nSPS) is 24.7. The number of aliphatic imine (C=N–C) groups is 1. The molecule has 1 saturated heterocycles. The van der Waals surface area contributed by atoms with Crippen molar-refractivity contribution in [1.29, 1.82) is 0 Å². The zero-order chi connectivity index (χ0) is 11.4. The van der Waals surface area contributed by atoms with Crippen LogP contribution in [0.25, 0.3) is 0 Å². The molecule has 0 spiro atoms. The summed E-state index contributed by atoms with van der Waals surface area (Å²) in [5.74, 6) is 0.188. The highest BCUT2D eigenvalue weighted by atomic mass is 16.2. The third-order valence-corrected chi connectivity index (χ3v) is 3.23. The molecular formula is C12H19N3O. The van der Waals surface area contributed by atoms with Crippen molar-refractivity contribution in [3.05, 3.63) is 11.6 Å². The predicted molar refractivity (Wildman–Crippen MR) is 64.7 cm³/mol. The van der Waals surface area contributed by atoms with Crippen LogP contribution >= 0.6 is 0 Å². The second-order valence-corrected chi connectivity index (χ2v) is 4.46. The van der Waals surface area contributed by atoms with Crippen LogP contribution in [0, 0.1) is 0 Å². The summed E-state index contributed by atoms with van der Waals surface area (Å²) in [5, 5.41) is 3.51. The average molecular weight is 221 g/mol. The van der Waals surface area contributed by atoms with Crippen molar-refractivity contribution >= 4 is 12.1 Å². The molecule has 1 N–H and O–H groups in total. The lowest BCUT2D eigenvalue weighted by Gasteiger charge is -2.16. The fraction of sp³-hybridized carbons (Fsp3) is 0.667. The van der Waals surface area contributed by atoms with E-state index < -0.39 is 0 Å². The van der Waals surface area contributed by atoms with Crippen LogP contribution in [0.3, 0.4) is 0 Å². The maximum absolute atomic E-state index is 11.2. The van der Waals surface area contributed by atoms with Gasteiger partial charge in [-0.05, 0) is 18.9 Å². The molecule has 2 aliphatic heterocycles. The molecular weight excluding hydrogens is 202 g/mol. The van der Waals surface area contributed by atoms with Crippen molar-refractivity contribution in [2.45, 2.75) is 25.8 Å². The van der Waals surface area contributed by atoms with Crippen molar-refractivity contribution in [2.24, 2.45) is 4.99 Å². The van der Waals surface area contributed by atoms with Gasteiger partial charge in [0.05, 0.1) is 0 Å². The van der Waals surface area contributed by atoms with E-state index in [1.165, 1.54) is 5.57 Å². The lowest BCUT2D eigenvalue weighted by atomic mass is 10.1. The first-order valence-electron chi connectivity index (χ1n) is 5.92. The molecule has 1 atom stereocenters. The summed E-state index contributed by atoms with van der Waals surface area (Å²) in [6.45, 7) is 5.24. The van der Waals surface area contributed by atoms with E-state index in [0.717, 1.165) is 39.0 Å². The van der Waals surface area contributed by atoms with Crippen LogP contribution in [-0.4, -0.2) is 49.2 Å². The van der Waals surface area contributed by atoms with Crippen LogP contribution in [-0.2, 0) is 4.79 Å². The number of carbonyl (C=O) groups excluding carboxylic acids is 1. The predicted octanol–water partition coefficient (Wildman–Crippen LogP) is 0.598. The minimum atomic E-state index is 0.188. The molecule has 4 nitrogen and oxygen atoms in total. The molecule has 0 aliphatic carbocycles. The fourth-order valence-electron chi connectivity index (χ4n) is 2.16. The number of allylic oxidation sites excluding steroid dienone is 1. The van der Waals surface area contributed by atoms with Crippen LogP contribution in [0.1, 0.15) is 19.8 Å². The zero-order valence-corrected chi connectivity index (χ0v) is 9.78. The zero-order valence-electron chi connectivity index (χ0n) is 9.78. The van der Waals surface area contributed by atoms with E-state index in [1.54, 1.807) is 6.92 Å². The second kappa shape index (κ2) is 5.25. The topological polar surface area (TPSA) is 44.7 Å². The monoisotopic (exact) mass is 221 g/mol. The van der Waals surface area contributed by atoms with E-state index in [1.807, 2.05) is 11.1 Å². The van der Waals surface area contributed by atoms with E-state index in [0.29, 0.717) is 6.04 Å². The number of rotatable bonds is 3. The van der Waals surface area contributed by atoms with Crippen molar-refractivity contribution in [3.63, 3.8) is 0 Å². The molecule has 4 heteroatoms. The number of hydrogen-bond donors (Lipinski definition) is 1. The van der Waals surface area contributed by atoms with Gasteiger partial charge >= 0.3 is 0 Å². The van der Waals surface area contributed by atoms with Gasteiger partial charge in [-0.15, -0.1) is 0 Å². The van der Waals surface area contributed by atoms with Crippen molar-refractivity contribution < 1.29 is 4.79 Å². The van der Waals surface area contributed by atoms with Gasteiger partial charge < -0.3 is 10.2 Å². The summed E-state index contributed by atoms with van der Waals surface area (Å²) in [7, 11) is 0. The van der Waals surface area contributed by atoms with Crippen LogP contribution in [0.2, 0.25) is 0 Å². The Kier molecular flexibility index (Phi) is 3.72. The smallest absolute Gasteiger partial charge is 0.219 e. The molecule has 2 aliphatic rings. The highest BCUT2D eigenvalue weighted by Crippen LogP contribution is 2.10. The van der Waals surface area contributed by atoms with Crippen molar-refractivity contribution in [2.75, 3.05) is 26.2 Å². The highest BCUT2D eigenvalue weighted by molar-refractivity contribution is 5.73. The van der Waals surface area contributed by atoms with Crippen LogP contribution in [0.5, 0.6) is 0 Å². The van der Waals surface area contributed by atoms with E-state index in [4.69, 9.17) is 0 Å². The van der Waals surface area contributed by atoms with Crippen LogP contribution in [0.4, 0.5) is 0 Å². The molecule has 0 aromatic rings. The van der Waals surface area contributed by atoms with Gasteiger partial charge in [-0.3, -0.25) is 9.79 Å². The van der Waals surface area contributed by atoms with Gasteiger partial charge in [-0.2, -0.15) is 0 Å². The molecule has 1 unspecified atom stereocenters. The third-order valence-electron chi connectivity index (χ3n) is 3.23. The number of dihydropyridines is 1. The number of nitrogens with zero attached hydrogens (tertiary/aromatic N) is 2. The summed E-state index contributed by atoms with van der Waals surface area (Å²) < 4.78 is 0. The van der Waals surface area contributed by atoms with Crippen LogP contribution < -0.4 is 5.32 Å². The molecule has 2 rings (SSSR count). The first-order valence-corrected chi connectivity index (χ1v) is 5.92. The van der Waals surface area contributed by atoms with E-state index in [-0.39, 0.29) is 5.91 Å². The molecule has 0 saturated carbocycles. The van der Waals surface area contributed by atoms with Gasteiger partial charge in [0, 0.05) is 45.4 Å². The molecule has 0 bridgehead atoms. The van der Waals surface area contributed by atoms with Gasteiger partial charge in [0.1, 0.15) is 0 Å². The van der Waals surface area contributed by atoms with Gasteiger partial charge in [-0.25, -0.2) is 0 Å². The maximum Gasteiger partial charge on any atom is 0.219 e. The van der Waals surface area contributed by atoms with E-state index >= 15 is 0 Å². The Hall–Kier alpha value is -1.16. The SMILES string of the molecule is CC(=O)N1CCC(NCC2=CC=NCC2)C1. The summed E-state index contributed by atoms with van der Waals surface area (Å²) in [6.07, 6.45) is 6.11. The molecule has 88 valence electrons. The second-order valence-electron chi connectivity index (χ2n) is 4.46. The minimum absolute atomic E-state index is 0.188. The Morgan fingerprint density at radius 1 is 1.69 bits per heavy atom. The Balaban J connectivity index is 1.73. The summed E-state index contributed by atoms with van der Waals surface area (Å²) in [4.78, 5) is 17.2. The first-order chi connectivity index (χ1) is 7.75. The highest BCUT2D eigenvalue weighted by Gasteiger charge is 2.23. The summed E-state index contributed by atoms with van der Waals surface area (Å²) >= 11 is 0. The Morgan fingerprint density at radius 2 is 2.56 bits per heavy atom. The Labute approximate surface area is 96.4 Å². The standard InChI is InChI=1S/C12H19N3O/c1-10(16)15-7-4-12(9-15)14-8-11-2-5-13-6-3-11/h2,5,12,14H,3-4,6-9H2,1H3. The number of nitrogens with one attached hydrogen (secondary N) is 1. The largest absolute Gasteiger partial charge is 0.341 e. The number of amides is 1. The van der Waals surface area contributed by atoms with Gasteiger partial charge in [0.15, 0.2) is 0 Å². The molecule has 0 aromatic carbocycles. The number of hydrogen-bond acceptors (Lipinski definition) is 3. The lowest BCUT2D eigenvalue weighted by Crippen LogP contribution is -2.35. The maximum atomic E-state index is 11.2. The molecule has 1 fully saturated rings. The van der Waals surface area contributed by atoms with Crippen LogP contribution in [0.15, 0.2) is 16.6 Å². The lowest BCUT2D eigenvalue weighted by molar-refractivity contribution is -0.127. The molecule has 1 amide bonds. The van der Waals surface area contributed by atoms with E-state index in [2.05, 4.69) is 16.4 Å². The molecule has 0 radical (unpaired) electrons. The fourth-order valence-corrected chi connectivity index (χ4v) is 2.16. The Morgan fingerprint density at radius 3 is 3.19 bits per heavy atom. The van der Waals surface area contributed by atoms with E-state index in [9.17, 15) is 4.79 Å². The van der Waals surface area contributed by atoms with Gasteiger partial charge in [-0.1, -0.05) is 5.57 Å².